The summed E-state index contributed by atoms with van der Waals surface area (Å²) in [5.74, 6) is 1.39. The largest absolute Gasteiger partial charge is 0.489 e. The number of hydrogen-bond acceptors (Lipinski definition) is 3. The number of halogens is 1. The smallest absolute Gasteiger partial charge is 0.123 e. The molecular formula is C15H14BrNO2S. The summed E-state index contributed by atoms with van der Waals surface area (Å²) >= 11 is 3.41. The quantitative estimate of drug-likeness (QED) is 0.864. The highest BCUT2D eigenvalue weighted by molar-refractivity contribution is 9.10. The zero-order valence-corrected chi connectivity index (χ0v) is 13.1. The average molecular weight is 352 g/mol. The van der Waals surface area contributed by atoms with Gasteiger partial charge in [-0.05, 0) is 45.8 Å². The van der Waals surface area contributed by atoms with Crippen molar-refractivity contribution < 1.29 is 8.95 Å². The first-order valence-electron chi connectivity index (χ1n) is 6.31. The molecule has 1 aliphatic rings. The van der Waals surface area contributed by atoms with Crippen molar-refractivity contribution >= 4 is 32.4 Å². The van der Waals surface area contributed by atoms with Gasteiger partial charge in [0.15, 0.2) is 0 Å². The van der Waals surface area contributed by atoms with Crippen LogP contribution in [0.4, 0.5) is 5.69 Å². The first kappa shape index (κ1) is 13.6. The number of para-hydroxylation sites is 1. The van der Waals surface area contributed by atoms with E-state index in [4.69, 9.17) is 10.5 Å². The van der Waals surface area contributed by atoms with Crippen LogP contribution in [0.3, 0.4) is 0 Å². The molecule has 3 nitrogen and oxygen atoms in total. The van der Waals surface area contributed by atoms with Crippen LogP contribution in [0.5, 0.6) is 5.75 Å². The van der Waals surface area contributed by atoms with Gasteiger partial charge in [0.05, 0.1) is 21.4 Å². The summed E-state index contributed by atoms with van der Waals surface area (Å²) in [4.78, 5) is 0.763. The van der Waals surface area contributed by atoms with E-state index >= 15 is 0 Å². The van der Waals surface area contributed by atoms with E-state index in [0.717, 1.165) is 21.5 Å². The Hall–Kier alpha value is -1.33. The van der Waals surface area contributed by atoms with E-state index in [9.17, 15) is 4.21 Å². The lowest BCUT2D eigenvalue weighted by atomic mass is 10.1. The molecule has 0 saturated heterocycles. The van der Waals surface area contributed by atoms with Gasteiger partial charge in [-0.3, -0.25) is 4.21 Å². The van der Waals surface area contributed by atoms with Gasteiger partial charge in [0, 0.05) is 16.6 Å². The lowest BCUT2D eigenvalue weighted by Gasteiger charge is -2.11. The Balaban J connectivity index is 1.72. The summed E-state index contributed by atoms with van der Waals surface area (Å²) in [5, 5.41) is 0. The molecule has 1 aliphatic heterocycles. The molecule has 0 aromatic heterocycles. The van der Waals surface area contributed by atoms with Crippen LogP contribution in [0.25, 0.3) is 0 Å². The molecule has 0 saturated carbocycles. The van der Waals surface area contributed by atoms with E-state index in [2.05, 4.69) is 22.0 Å². The maximum atomic E-state index is 12.4. The highest BCUT2D eigenvalue weighted by Gasteiger charge is 2.25. The van der Waals surface area contributed by atoms with Crippen molar-refractivity contribution in [3.8, 4) is 5.75 Å². The van der Waals surface area contributed by atoms with Crippen LogP contribution in [0.1, 0.15) is 5.56 Å². The maximum absolute atomic E-state index is 12.4. The van der Waals surface area contributed by atoms with E-state index in [1.807, 2.05) is 18.2 Å². The predicted molar refractivity (Wildman–Crippen MR) is 84.4 cm³/mol. The lowest BCUT2D eigenvalue weighted by Crippen LogP contribution is -2.21. The minimum atomic E-state index is -1.11. The molecule has 104 valence electrons. The Morgan fingerprint density at radius 2 is 2.10 bits per heavy atom. The number of anilines is 1. The van der Waals surface area contributed by atoms with E-state index < -0.39 is 10.8 Å². The fourth-order valence-electron chi connectivity index (χ4n) is 2.31. The monoisotopic (exact) mass is 351 g/mol. The normalized spacial score (nSPS) is 18.4. The molecular weight excluding hydrogens is 338 g/mol. The van der Waals surface area contributed by atoms with Crippen molar-refractivity contribution in [1.29, 1.82) is 0 Å². The molecule has 0 bridgehead atoms. The van der Waals surface area contributed by atoms with Crippen LogP contribution in [-0.2, 0) is 17.2 Å². The summed E-state index contributed by atoms with van der Waals surface area (Å²) in [7, 11) is -1.11. The first-order chi connectivity index (χ1) is 9.63. The third-order valence-corrected chi connectivity index (χ3v) is 5.69. The van der Waals surface area contributed by atoms with Crippen LogP contribution >= 0.6 is 15.9 Å². The van der Waals surface area contributed by atoms with Gasteiger partial charge >= 0.3 is 0 Å². The summed E-state index contributed by atoms with van der Waals surface area (Å²) in [6.07, 6.45) is 0.784. The minimum absolute atomic E-state index is 0.0299. The first-order valence-corrected chi connectivity index (χ1v) is 8.42. The summed E-state index contributed by atoms with van der Waals surface area (Å²) in [6.45, 7) is 0. The van der Waals surface area contributed by atoms with Crippen LogP contribution in [0, 0.1) is 0 Å². The Bertz CT molecular complexity index is 650. The molecule has 0 aliphatic carbocycles. The number of ether oxygens (including phenoxy) is 1. The van der Waals surface area contributed by atoms with Gasteiger partial charge in [-0.15, -0.1) is 0 Å². The molecule has 0 amide bonds. The van der Waals surface area contributed by atoms with Gasteiger partial charge in [0.25, 0.3) is 0 Å². The topological polar surface area (TPSA) is 52.3 Å². The maximum Gasteiger partial charge on any atom is 0.123 e. The molecule has 5 heteroatoms. The summed E-state index contributed by atoms with van der Waals surface area (Å²) < 4.78 is 19.1. The van der Waals surface area contributed by atoms with Crippen molar-refractivity contribution in [1.82, 2.24) is 0 Å². The molecule has 2 aromatic rings. The summed E-state index contributed by atoms with van der Waals surface area (Å²) in [6, 6.07) is 13.3. The average Bonchev–Trinajstić information content (AvgIpc) is 2.80. The fraction of sp³-hybridized carbons (Fsp3) is 0.200. The fourth-order valence-corrected chi connectivity index (χ4v) is 4.44. The number of nitrogens with two attached hydrogens (primary N) is 1. The van der Waals surface area contributed by atoms with Gasteiger partial charge in [0.1, 0.15) is 11.9 Å². The van der Waals surface area contributed by atoms with Gasteiger partial charge in [-0.1, -0.05) is 18.2 Å². The van der Waals surface area contributed by atoms with Gasteiger partial charge < -0.3 is 10.5 Å². The predicted octanol–water partition coefficient (Wildman–Crippen LogP) is 3.14. The third-order valence-electron chi connectivity index (χ3n) is 3.25. The van der Waals surface area contributed by atoms with Crippen LogP contribution in [0.15, 0.2) is 51.8 Å². The number of benzene rings is 2. The molecule has 2 aromatic carbocycles. The molecule has 2 N–H and O–H groups in total. The Labute approximate surface area is 128 Å². The highest BCUT2D eigenvalue weighted by Crippen LogP contribution is 2.30. The Morgan fingerprint density at radius 3 is 2.85 bits per heavy atom. The minimum Gasteiger partial charge on any atom is -0.489 e. The second kappa shape index (κ2) is 5.58. The number of nitrogen functional groups attached to an aromatic ring is 1. The highest BCUT2D eigenvalue weighted by atomic mass is 79.9. The van der Waals surface area contributed by atoms with Gasteiger partial charge in [-0.25, -0.2) is 0 Å². The number of fused-ring (bicyclic) bond motifs is 1. The van der Waals surface area contributed by atoms with E-state index in [-0.39, 0.29) is 6.10 Å². The van der Waals surface area contributed by atoms with E-state index in [0.29, 0.717) is 11.4 Å². The molecule has 0 spiro atoms. The van der Waals surface area contributed by atoms with Crippen molar-refractivity contribution in [2.24, 2.45) is 0 Å². The van der Waals surface area contributed by atoms with E-state index in [1.165, 1.54) is 5.56 Å². The van der Waals surface area contributed by atoms with Crippen molar-refractivity contribution in [2.75, 3.05) is 11.5 Å². The standard InChI is InChI=1S/C15H14BrNO2S/c16-13-8-11(17)5-6-15(13)20(18)9-12-7-10-3-1-2-4-14(10)19-12/h1-6,8,12H,7,9,17H2. The molecule has 2 atom stereocenters. The Kier molecular flexibility index (Phi) is 3.81. The SMILES string of the molecule is Nc1ccc(S(=O)CC2Cc3ccccc3O2)c(Br)c1. The van der Waals surface area contributed by atoms with Crippen LogP contribution in [-0.4, -0.2) is 16.1 Å². The number of hydrogen-bond donors (Lipinski definition) is 1. The van der Waals surface area contributed by atoms with Crippen molar-refractivity contribution in [2.45, 2.75) is 17.4 Å². The second-order valence-corrected chi connectivity index (χ2v) is 7.07. The van der Waals surface area contributed by atoms with Crippen LogP contribution < -0.4 is 10.5 Å². The molecule has 20 heavy (non-hydrogen) atoms. The van der Waals surface area contributed by atoms with Crippen molar-refractivity contribution in [3.05, 3.63) is 52.5 Å². The Morgan fingerprint density at radius 1 is 1.30 bits per heavy atom. The molecule has 2 unspecified atom stereocenters. The van der Waals surface area contributed by atoms with E-state index in [1.54, 1.807) is 18.2 Å². The zero-order chi connectivity index (χ0) is 14.1. The van der Waals surface area contributed by atoms with Gasteiger partial charge in [-0.2, -0.15) is 0 Å². The van der Waals surface area contributed by atoms with Gasteiger partial charge in [0.2, 0.25) is 0 Å². The molecule has 0 radical (unpaired) electrons. The van der Waals surface area contributed by atoms with Crippen molar-refractivity contribution in [3.63, 3.8) is 0 Å². The molecule has 3 rings (SSSR count). The zero-order valence-electron chi connectivity index (χ0n) is 10.7. The lowest BCUT2D eigenvalue weighted by molar-refractivity contribution is 0.258. The van der Waals surface area contributed by atoms with Crippen LogP contribution in [0.2, 0.25) is 0 Å². The molecule has 0 fully saturated rings. The summed E-state index contributed by atoms with van der Waals surface area (Å²) in [5.41, 5.74) is 7.54. The third kappa shape index (κ3) is 2.74. The molecule has 1 heterocycles. The number of rotatable bonds is 3. The second-order valence-electron chi connectivity index (χ2n) is 4.75.